The molecule has 6 heteroatoms. The van der Waals surface area contributed by atoms with E-state index in [0.717, 1.165) is 10.0 Å². The van der Waals surface area contributed by atoms with E-state index in [9.17, 15) is 10.1 Å². The Morgan fingerprint density at radius 2 is 1.86 bits per heavy atom. The Balaban J connectivity index is 1.77. The topological polar surface area (TPSA) is 62.1 Å². The number of nitriles is 1. The Labute approximate surface area is 182 Å². The Bertz CT molecular complexity index is 1090. The standard InChI is InChI=1S/C23H16BrClN2O2/c24-19-10-8-16(9-11-19)15-29-22-7-2-1-4-17(22)12-18(14-26)23(28)27-21-6-3-5-20(25)13-21/h1-13H,15H2,(H,27,28)/b18-12+. The van der Waals surface area contributed by atoms with Gasteiger partial charge in [-0.2, -0.15) is 5.26 Å². The van der Waals surface area contributed by atoms with Crippen LogP contribution in [0.3, 0.4) is 0 Å². The molecule has 29 heavy (non-hydrogen) atoms. The van der Waals surface area contributed by atoms with E-state index in [0.29, 0.717) is 28.6 Å². The minimum Gasteiger partial charge on any atom is -0.488 e. The summed E-state index contributed by atoms with van der Waals surface area (Å²) in [4.78, 5) is 12.5. The highest BCUT2D eigenvalue weighted by Crippen LogP contribution is 2.23. The van der Waals surface area contributed by atoms with Crippen LogP contribution in [0.5, 0.6) is 5.75 Å². The van der Waals surface area contributed by atoms with E-state index in [4.69, 9.17) is 16.3 Å². The molecule has 3 rings (SSSR count). The number of nitrogens with zero attached hydrogens (tertiary/aromatic N) is 1. The summed E-state index contributed by atoms with van der Waals surface area (Å²) >= 11 is 9.34. The Morgan fingerprint density at radius 1 is 1.10 bits per heavy atom. The van der Waals surface area contributed by atoms with Gasteiger partial charge in [0.1, 0.15) is 24.0 Å². The maximum atomic E-state index is 12.5. The SMILES string of the molecule is N#C/C(=C\c1ccccc1OCc1ccc(Br)cc1)C(=O)Nc1cccc(Cl)c1. The Kier molecular flexibility index (Phi) is 7.07. The van der Waals surface area contributed by atoms with Crippen molar-refractivity contribution in [1.29, 1.82) is 5.26 Å². The number of anilines is 1. The molecular formula is C23H16BrClN2O2. The second kappa shape index (κ2) is 9.92. The number of para-hydroxylation sites is 1. The second-order valence-electron chi connectivity index (χ2n) is 6.09. The third kappa shape index (κ3) is 5.95. The lowest BCUT2D eigenvalue weighted by Crippen LogP contribution is -2.13. The molecular weight excluding hydrogens is 452 g/mol. The van der Waals surface area contributed by atoms with Crippen molar-refractivity contribution in [1.82, 2.24) is 0 Å². The number of nitrogens with one attached hydrogen (secondary N) is 1. The average Bonchev–Trinajstić information content (AvgIpc) is 2.72. The molecule has 0 aliphatic rings. The molecule has 0 heterocycles. The molecule has 4 nitrogen and oxygen atoms in total. The number of benzene rings is 3. The van der Waals surface area contributed by atoms with Crippen LogP contribution in [0.15, 0.2) is 82.8 Å². The van der Waals surface area contributed by atoms with Gasteiger partial charge in [-0.15, -0.1) is 0 Å². The van der Waals surface area contributed by atoms with Crippen LogP contribution in [0.2, 0.25) is 5.02 Å². The molecule has 0 unspecified atom stereocenters. The largest absolute Gasteiger partial charge is 0.488 e. The molecule has 0 spiro atoms. The second-order valence-corrected chi connectivity index (χ2v) is 7.44. The van der Waals surface area contributed by atoms with Crippen LogP contribution >= 0.6 is 27.5 Å². The van der Waals surface area contributed by atoms with Gasteiger partial charge in [0.2, 0.25) is 0 Å². The Morgan fingerprint density at radius 3 is 2.59 bits per heavy atom. The molecule has 0 aliphatic carbocycles. The van der Waals surface area contributed by atoms with Crippen molar-refractivity contribution in [3.8, 4) is 11.8 Å². The highest BCUT2D eigenvalue weighted by molar-refractivity contribution is 9.10. The molecule has 3 aromatic carbocycles. The molecule has 0 fully saturated rings. The number of ether oxygens (including phenoxy) is 1. The molecule has 0 radical (unpaired) electrons. The number of carbonyl (C=O) groups excluding carboxylic acids is 1. The van der Waals surface area contributed by atoms with Crippen LogP contribution in [-0.4, -0.2) is 5.91 Å². The predicted octanol–water partition coefficient (Wildman–Crippen LogP) is 6.23. The van der Waals surface area contributed by atoms with Gasteiger partial charge in [-0.1, -0.05) is 63.9 Å². The molecule has 144 valence electrons. The fourth-order valence-corrected chi connectivity index (χ4v) is 3.00. The summed E-state index contributed by atoms with van der Waals surface area (Å²) in [5.74, 6) is 0.0659. The molecule has 3 aromatic rings. The van der Waals surface area contributed by atoms with Crippen LogP contribution < -0.4 is 10.1 Å². The maximum absolute atomic E-state index is 12.5. The summed E-state index contributed by atoms with van der Waals surface area (Å²) in [5, 5.41) is 12.6. The van der Waals surface area contributed by atoms with E-state index in [-0.39, 0.29) is 5.57 Å². The lowest BCUT2D eigenvalue weighted by molar-refractivity contribution is -0.112. The van der Waals surface area contributed by atoms with Crippen LogP contribution in [0.1, 0.15) is 11.1 Å². The number of halogens is 2. The van der Waals surface area contributed by atoms with Crippen molar-refractivity contribution in [3.63, 3.8) is 0 Å². The minimum absolute atomic E-state index is 0.0373. The van der Waals surface area contributed by atoms with Crippen LogP contribution in [0.25, 0.3) is 6.08 Å². The van der Waals surface area contributed by atoms with Gasteiger partial charge in [-0.3, -0.25) is 4.79 Å². The molecule has 0 saturated carbocycles. The monoisotopic (exact) mass is 466 g/mol. The zero-order chi connectivity index (χ0) is 20.6. The van der Waals surface area contributed by atoms with E-state index < -0.39 is 5.91 Å². The van der Waals surface area contributed by atoms with Gasteiger partial charge in [-0.05, 0) is 48.0 Å². The van der Waals surface area contributed by atoms with E-state index in [2.05, 4.69) is 21.2 Å². The number of rotatable bonds is 6. The molecule has 0 aromatic heterocycles. The minimum atomic E-state index is -0.516. The van der Waals surface area contributed by atoms with Crippen LogP contribution in [0.4, 0.5) is 5.69 Å². The maximum Gasteiger partial charge on any atom is 0.266 e. The van der Waals surface area contributed by atoms with Gasteiger partial charge >= 0.3 is 0 Å². The summed E-state index contributed by atoms with van der Waals surface area (Å²) in [6.07, 6.45) is 1.51. The van der Waals surface area contributed by atoms with Gasteiger partial charge in [-0.25, -0.2) is 0 Å². The molecule has 1 N–H and O–H groups in total. The first-order valence-corrected chi connectivity index (χ1v) is 9.87. The van der Waals surface area contributed by atoms with Crippen molar-refractivity contribution < 1.29 is 9.53 Å². The van der Waals surface area contributed by atoms with Gasteiger partial charge in [0, 0.05) is 20.7 Å². The first-order chi connectivity index (χ1) is 14.0. The van der Waals surface area contributed by atoms with E-state index >= 15 is 0 Å². The van der Waals surface area contributed by atoms with Gasteiger partial charge in [0.05, 0.1) is 0 Å². The van der Waals surface area contributed by atoms with Crippen molar-refractivity contribution in [2.45, 2.75) is 6.61 Å². The molecule has 1 amide bonds. The molecule has 0 aliphatic heterocycles. The van der Waals surface area contributed by atoms with Gasteiger partial charge < -0.3 is 10.1 Å². The smallest absolute Gasteiger partial charge is 0.266 e. The third-order valence-electron chi connectivity index (χ3n) is 3.97. The summed E-state index contributed by atoms with van der Waals surface area (Å²) in [5.41, 5.74) is 2.13. The molecule has 0 bridgehead atoms. The number of carbonyl (C=O) groups is 1. The number of hydrogen-bond donors (Lipinski definition) is 1. The lowest BCUT2D eigenvalue weighted by atomic mass is 10.1. The fourth-order valence-electron chi connectivity index (χ4n) is 2.54. The van der Waals surface area contributed by atoms with E-state index in [1.165, 1.54) is 6.08 Å². The highest BCUT2D eigenvalue weighted by Gasteiger charge is 2.11. The predicted molar refractivity (Wildman–Crippen MR) is 119 cm³/mol. The van der Waals surface area contributed by atoms with Crippen LogP contribution in [-0.2, 0) is 11.4 Å². The number of hydrogen-bond acceptors (Lipinski definition) is 3. The average molecular weight is 468 g/mol. The normalized spacial score (nSPS) is 10.9. The van der Waals surface area contributed by atoms with Crippen molar-refractivity contribution in [3.05, 3.63) is 99.0 Å². The Hall–Kier alpha value is -3.07. The van der Waals surface area contributed by atoms with Crippen LogP contribution in [0, 0.1) is 11.3 Å². The van der Waals surface area contributed by atoms with Gasteiger partial charge in [0.15, 0.2) is 0 Å². The van der Waals surface area contributed by atoms with Gasteiger partial charge in [0.25, 0.3) is 5.91 Å². The third-order valence-corrected chi connectivity index (χ3v) is 4.74. The summed E-state index contributed by atoms with van der Waals surface area (Å²) in [7, 11) is 0. The zero-order valence-corrected chi connectivity index (χ0v) is 17.6. The molecule has 0 atom stereocenters. The lowest BCUT2D eigenvalue weighted by Gasteiger charge is -2.10. The zero-order valence-electron chi connectivity index (χ0n) is 15.2. The summed E-state index contributed by atoms with van der Waals surface area (Å²) in [6, 6.07) is 23.8. The summed E-state index contributed by atoms with van der Waals surface area (Å²) < 4.78 is 6.90. The first-order valence-electron chi connectivity index (χ1n) is 8.70. The first kappa shape index (κ1) is 20.7. The molecule has 0 saturated heterocycles. The van der Waals surface area contributed by atoms with Crippen molar-refractivity contribution in [2.24, 2.45) is 0 Å². The van der Waals surface area contributed by atoms with Crippen molar-refractivity contribution in [2.75, 3.05) is 5.32 Å². The van der Waals surface area contributed by atoms with Crippen molar-refractivity contribution >= 4 is 45.2 Å². The highest BCUT2D eigenvalue weighted by atomic mass is 79.9. The van der Waals surface area contributed by atoms with E-state index in [1.807, 2.05) is 42.5 Å². The fraction of sp³-hybridized carbons (Fsp3) is 0.0435. The van der Waals surface area contributed by atoms with E-state index in [1.54, 1.807) is 36.4 Å². The quantitative estimate of drug-likeness (QED) is 0.345. The summed E-state index contributed by atoms with van der Waals surface area (Å²) in [6.45, 7) is 0.370. The number of amides is 1.